The normalized spacial score (nSPS) is 13.6. The van der Waals surface area contributed by atoms with Gasteiger partial charge in [0.1, 0.15) is 19.3 Å². The van der Waals surface area contributed by atoms with Crippen molar-refractivity contribution in [3.8, 4) is 0 Å². The van der Waals surface area contributed by atoms with Gasteiger partial charge in [-0.1, -0.05) is 127 Å². The standard InChI is InChI=1S/C37H64O6/c1-4-26-34(38)28-23-19-15-10-8-6-5-7-9-11-16-20-24-29-36(40)42-31-35(39)32-43-37(41)30-25-21-17-13-12-14-18-22-27-33(2)3/h5,7-8,10-11,16,19,23,33-35,38-39H,4,6,9,12-15,17-18,20-22,24-32H2,1-3H3/b7-5-,10-8-,16-11-,23-19-/t34?,35-/m1/s1. The maximum atomic E-state index is 11.9. The molecule has 1 unspecified atom stereocenters. The van der Waals surface area contributed by atoms with Crippen molar-refractivity contribution in [2.75, 3.05) is 13.2 Å². The molecule has 0 aromatic carbocycles. The molecule has 248 valence electrons. The van der Waals surface area contributed by atoms with Crippen LogP contribution in [0, 0.1) is 5.92 Å². The number of carbonyl (C=O) groups is 2. The van der Waals surface area contributed by atoms with Gasteiger partial charge in [0, 0.05) is 12.8 Å². The van der Waals surface area contributed by atoms with Crippen molar-refractivity contribution in [3.63, 3.8) is 0 Å². The molecular formula is C37H64O6. The lowest BCUT2D eigenvalue weighted by atomic mass is 10.0. The third-order valence-corrected chi connectivity index (χ3v) is 7.05. The van der Waals surface area contributed by atoms with Crippen LogP contribution in [0.4, 0.5) is 0 Å². The number of aliphatic hydroxyl groups excluding tert-OH is 2. The molecule has 2 atom stereocenters. The second kappa shape index (κ2) is 31.3. The van der Waals surface area contributed by atoms with E-state index >= 15 is 0 Å². The van der Waals surface area contributed by atoms with Crippen molar-refractivity contribution in [3.05, 3.63) is 48.6 Å². The zero-order valence-corrected chi connectivity index (χ0v) is 27.7. The highest BCUT2D eigenvalue weighted by molar-refractivity contribution is 5.69. The lowest BCUT2D eigenvalue weighted by molar-refractivity contribution is -0.152. The molecule has 0 saturated heterocycles. The molecule has 0 aliphatic heterocycles. The van der Waals surface area contributed by atoms with Crippen LogP contribution in [0.3, 0.4) is 0 Å². The summed E-state index contributed by atoms with van der Waals surface area (Å²) in [5, 5.41) is 19.6. The summed E-state index contributed by atoms with van der Waals surface area (Å²) in [7, 11) is 0. The number of allylic oxidation sites excluding steroid dienone is 7. The Morgan fingerprint density at radius 1 is 0.581 bits per heavy atom. The molecule has 6 nitrogen and oxygen atoms in total. The average Bonchev–Trinajstić information content (AvgIpc) is 2.97. The molecular weight excluding hydrogens is 540 g/mol. The van der Waals surface area contributed by atoms with Gasteiger partial charge in [-0.2, -0.15) is 0 Å². The van der Waals surface area contributed by atoms with E-state index in [2.05, 4.69) is 63.3 Å². The first-order valence-electron chi connectivity index (χ1n) is 17.1. The average molecular weight is 605 g/mol. The van der Waals surface area contributed by atoms with Gasteiger partial charge in [0.2, 0.25) is 0 Å². The van der Waals surface area contributed by atoms with Crippen molar-refractivity contribution >= 4 is 11.9 Å². The molecule has 0 fully saturated rings. The molecule has 0 aliphatic carbocycles. The van der Waals surface area contributed by atoms with E-state index in [9.17, 15) is 19.8 Å². The third kappa shape index (κ3) is 32.6. The molecule has 0 aromatic heterocycles. The number of hydrogen-bond acceptors (Lipinski definition) is 6. The van der Waals surface area contributed by atoms with Crippen LogP contribution in [-0.2, 0) is 19.1 Å². The van der Waals surface area contributed by atoms with Crippen LogP contribution >= 0.6 is 0 Å². The zero-order chi connectivity index (χ0) is 31.8. The monoisotopic (exact) mass is 604 g/mol. The minimum atomic E-state index is -0.994. The van der Waals surface area contributed by atoms with Gasteiger partial charge < -0.3 is 19.7 Å². The largest absolute Gasteiger partial charge is 0.463 e. The first kappa shape index (κ1) is 40.8. The summed E-state index contributed by atoms with van der Waals surface area (Å²) >= 11 is 0. The van der Waals surface area contributed by atoms with E-state index in [1.165, 1.54) is 38.5 Å². The summed E-state index contributed by atoms with van der Waals surface area (Å²) in [5.74, 6) is 0.145. The van der Waals surface area contributed by atoms with Crippen LogP contribution < -0.4 is 0 Å². The number of aliphatic hydroxyl groups is 2. The number of rotatable bonds is 29. The number of hydrogen-bond donors (Lipinski definition) is 2. The molecule has 0 bridgehead atoms. The molecule has 0 aromatic rings. The summed E-state index contributed by atoms with van der Waals surface area (Å²) in [6.45, 7) is 6.33. The molecule has 0 saturated carbocycles. The van der Waals surface area contributed by atoms with Crippen LogP contribution in [0.25, 0.3) is 0 Å². The van der Waals surface area contributed by atoms with Crippen LogP contribution in [-0.4, -0.2) is 47.6 Å². The summed E-state index contributed by atoms with van der Waals surface area (Å²) in [6.07, 6.45) is 33.8. The van der Waals surface area contributed by atoms with Gasteiger partial charge in [0.25, 0.3) is 0 Å². The first-order valence-corrected chi connectivity index (χ1v) is 17.1. The molecule has 0 radical (unpaired) electrons. The van der Waals surface area contributed by atoms with Gasteiger partial charge in [0.15, 0.2) is 0 Å². The maximum Gasteiger partial charge on any atom is 0.305 e. The lowest BCUT2D eigenvalue weighted by Crippen LogP contribution is -2.25. The number of unbranched alkanes of at least 4 members (excludes halogenated alkanes) is 8. The number of carbonyl (C=O) groups excluding carboxylic acids is 2. The summed E-state index contributed by atoms with van der Waals surface area (Å²) < 4.78 is 10.2. The Bertz CT molecular complexity index is 767. The summed E-state index contributed by atoms with van der Waals surface area (Å²) in [5.41, 5.74) is 0. The second-order valence-electron chi connectivity index (χ2n) is 11.9. The molecule has 0 spiro atoms. The Labute approximate surface area is 263 Å². The molecule has 2 N–H and O–H groups in total. The van der Waals surface area contributed by atoms with Crippen LogP contribution in [0.5, 0.6) is 0 Å². The highest BCUT2D eigenvalue weighted by Gasteiger charge is 2.12. The fourth-order valence-corrected chi connectivity index (χ4v) is 4.45. The molecule has 0 aliphatic rings. The van der Waals surface area contributed by atoms with Gasteiger partial charge in [-0.3, -0.25) is 9.59 Å². The zero-order valence-electron chi connectivity index (χ0n) is 27.7. The topological polar surface area (TPSA) is 93.1 Å². The first-order chi connectivity index (χ1) is 20.8. The predicted octanol–water partition coefficient (Wildman–Crippen LogP) is 9.11. The predicted molar refractivity (Wildman–Crippen MR) is 179 cm³/mol. The molecule has 43 heavy (non-hydrogen) atoms. The van der Waals surface area contributed by atoms with E-state index in [0.29, 0.717) is 19.3 Å². The Balaban J connectivity index is 3.61. The van der Waals surface area contributed by atoms with Crippen LogP contribution in [0.15, 0.2) is 48.6 Å². The molecule has 0 amide bonds. The third-order valence-electron chi connectivity index (χ3n) is 7.05. The van der Waals surface area contributed by atoms with Crippen molar-refractivity contribution in [2.45, 2.75) is 155 Å². The minimum Gasteiger partial charge on any atom is -0.463 e. The van der Waals surface area contributed by atoms with E-state index < -0.39 is 6.10 Å². The van der Waals surface area contributed by atoms with Crippen molar-refractivity contribution in [2.24, 2.45) is 5.92 Å². The highest BCUT2D eigenvalue weighted by atomic mass is 16.6. The number of esters is 2. The van der Waals surface area contributed by atoms with E-state index in [-0.39, 0.29) is 31.3 Å². The van der Waals surface area contributed by atoms with E-state index in [1.807, 2.05) is 6.08 Å². The summed E-state index contributed by atoms with van der Waals surface area (Å²) in [6, 6.07) is 0. The van der Waals surface area contributed by atoms with Gasteiger partial charge in [-0.15, -0.1) is 0 Å². The van der Waals surface area contributed by atoms with E-state index in [1.54, 1.807) is 0 Å². The minimum absolute atomic E-state index is 0.143. The lowest BCUT2D eigenvalue weighted by Gasteiger charge is -2.12. The van der Waals surface area contributed by atoms with Gasteiger partial charge in [0.05, 0.1) is 6.10 Å². The highest BCUT2D eigenvalue weighted by Crippen LogP contribution is 2.13. The van der Waals surface area contributed by atoms with Gasteiger partial charge in [-0.05, 0) is 57.3 Å². The van der Waals surface area contributed by atoms with E-state index in [0.717, 1.165) is 70.1 Å². The van der Waals surface area contributed by atoms with Crippen LogP contribution in [0.1, 0.15) is 143 Å². The molecule has 0 heterocycles. The SMILES string of the molecule is CCCC(O)C/C=C\C/C=C\C/C=C\C/C=C\CCCC(=O)OC[C@@H](O)COC(=O)CCCCCCCCCCC(C)C. The van der Waals surface area contributed by atoms with Gasteiger partial charge in [-0.25, -0.2) is 0 Å². The fourth-order valence-electron chi connectivity index (χ4n) is 4.45. The second-order valence-corrected chi connectivity index (χ2v) is 11.9. The quantitative estimate of drug-likeness (QED) is 0.0502. The Kier molecular flexibility index (Phi) is 29.7. The van der Waals surface area contributed by atoms with Crippen molar-refractivity contribution < 1.29 is 29.3 Å². The molecule has 6 heteroatoms. The van der Waals surface area contributed by atoms with Crippen LogP contribution in [0.2, 0.25) is 0 Å². The smallest absolute Gasteiger partial charge is 0.305 e. The molecule has 0 rings (SSSR count). The number of ether oxygens (including phenoxy) is 2. The Morgan fingerprint density at radius 2 is 1.05 bits per heavy atom. The maximum absolute atomic E-state index is 11.9. The van der Waals surface area contributed by atoms with Gasteiger partial charge >= 0.3 is 11.9 Å². The Hall–Kier alpha value is -2.18. The van der Waals surface area contributed by atoms with Crippen molar-refractivity contribution in [1.82, 2.24) is 0 Å². The fraction of sp³-hybridized carbons (Fsp3) is 0.730. The van der Waals surface area contributed by atoms with E-state index in [4.69, 9.17) is 9.47 Å². The summed E-state index contributed by atoms with van der Waals surface area (Å²) in [4.78, 5) is 23.8. The van der Waals surface area contributed by atoms with Crippen molar-refractivity contribution in [1.29, 1.82) is 0 Å². The Morgan fingerprint density at radius 3 is 1.58 bits per heavy atom.